The van der Waals surface area contributed by atoms with E-state index in [2.05, 4.69) is 67.6 Å². The average Bonchev–Trinajstić information content (AvgIpc) is 2.84. The Labute approximate surface area is 117 Å². The van der Waals surface area contributed by atoms with E-state index in [0.29, 0.717) is 0 Å². The van der Waals surface area contributed by atoms with E-state index in [-0.39, 0.29) is 0 Å². The third-order valence-corrected chi connectivity index (χ3v) is 3.74. The van der Waals surface area contributed by atoms with Gasteiger partial charge < -0.3 is 4.42 Å². The van der Waals surface area contributed by atoms with Crippen molar-refractivity contribution in [2.24, 2.45) is 0 Å². The second-order valence-electron chi connectivity index (χ2n) is 5.18. The molecule has 0 N–H and O–H groups in total. The van der Waals surface area contributed by atoms with Gasteiger partial charge in [-0.15, -0.1) is 0 Å². The first-order valence-electron chi connectivity index (χ1n) is 6.79. The molecule has 0 atom stereocenters. The first-order chi connectivity index (χ1) is 9.81. The standard InChI is InChI=1S/C19H14O/c1-13-7-9-16-17-10-8-15(14-5-3-2-4-6-14)12-19(17)20-18(16)11-13/h2-12H,1H3. The summed E-state index contributed by atoms with van der Waals surface area (Å²) < 4.78 is 6.00. The molecule has 0 aliphatic heterocycles. The summed E-state index contributed by atoms with van der Waals surface area (Å²) in [5, 5.41) is 2.37. The van der Waals surface area contributed by atoms with Crippen LogP contribution in [0.2, 0.25) is 0 Å². The highest BCUT2D eigenvalue weighted by atomic mass is 16.3. The smallest absolute Gasteiger partial charge is 0.136 e. The molecule has 96 valence electrons. The maximum Gasteiger partial charge on any atom is 0.136 e. The SMILES string of the molecule is Cc1ccc2c(c1)oc1cc(-c3ccccc3)ccc12. The van der Waals surface area contributed by atoms with Crippen molar-refractivity contribution in [3.8, 4) is 11.1 Å². The van der Waals surface area contributed by atoms with Gasteiger partial charge in [-0.2, -0.15) is 0 Å². The highest BCUT2D eigenvalue weighted by molar-refractivity contribution is 6.06. The Kier molecular flexibility index (Phi) is 2.40. The van der Waals surface area contributed by atoms with Gasteiger partial charge in [-0.25, -0.2) is 0 Å². The average molecular weight is 258 g/mol. The maximum atomic E-state index is 6.00. The molecule has 0 amide bonds. The molecule has 3 aromatic carbocycles. The fourth-order valence-electron chi connectivity index (χ4n) is 2.69. The van der Waals surface area contributed by atoms with Gasteiger partial charge in [0, 0.05) is 10.8 Å². The summed E-state index contributed by atoms with van der Waals surface area (Å²) in [6.07, 6.45) is 0. The number of furan rings is 1. The first kappa shape index (κ1) is 11.3. The van der Waals surface area contributed by atoms with Crippen LogP contribution in [0.15, 0.2) is 71.1 Å². The van der Waals surface area contributed by atoms with E-state index in [4.69, 9.17) is 4.42 Å². The summed E-state index contributed by atoms with van der Waals surface area (Å²) in [4.78, 5) is 0. The summed E-state index contributed by atoms with van der Waals surface area (Å²) in [5.41, 5.74) is 5.54. The maximum absolute atomic E-state index is 6.00. The van der Waals surface area contributed by atoms with Crippen molar-refractivity contribution >= 4 is 21.9 Å². The van der Waals surface area contributed by atoms with Crippen LogP contribution in [0.5, 0.6) is 0 Å². The first-order valence-corrected chi connectivity index (χ1v) is 6.79. The molecule has 0 unspecified atom stereocenters. The second-order valence-corrected chi connectivity index (χ2v) is 5.18. The summed E-state index contributed by atoms with van der Waals surface area (Å²) in [6.45, 7) is 2.09. The molecule has 0 spiro atoms. The van der Waals surface area contributed by atoms with Crippen LogP contribution in [0, 0.1) is 6.92 Å². The van der Waals surface area contributed by atoms with E-state index in [1.165, 1.54) is 27.5 Å². The van der Waals surface area contributed by atoms with Crippen LogP contribution in [0.1, 0.15) is 5.56 Å². The van der Waals surface area contributed by atoms with Gasteiger partial charge in [0.2, 0.25) is 0 Å². The van der Waals surface area contributed by atoms with Crippen molar-refractivity contribution in [2.75, 3.05) is 0 Å². The van der Waals surface area contributed by atoms with Crippen molar-refractivity contribution in [1.82, 2.24) is 0 Å². The predicted molar refractivity (Wildman–Crippen MR) is 83.9 cm³/mol. The van der Waals surface area contributed by atoms with Crippen molar-refractivity contribution in [3.63, 3.8) is 0 Å². The van der Waals surface area contributed by atoms with Crippen LogP contribution in [0.3, 0.4) is 0 Å². The van der Waals surface area contributed by atoms with Gasteiger partial charge in [0.05, 0.1) is 0 Å². The molecule has 0 aliphatic rings. The lowest BCUT2D eigenvalue weighted by atomic mass is 10.0. The largest absolute Gasteiger partial charge is 0.456 e. The monoisotopic (exact) mass is 258 g/mol. The fraction of sp³-hybridized carbons (Fsp3) is 0.0526. The Morgan fingerprint density at radius 1 is 0.650 bits per heavy atom. The molecule has 0 saturated heterocycles. The normalized spacial score (nSPS) is 11.2. The third kappa shape index (κ3) is 1.71. The summed E-state index contributed by atoms with van der Waals surface area (Å²) in [5.74, 6) is 0. The van der Waals surface area contributed by atoms with E-state index < -0.39 is 0 Å². The zero-order valence-electron chi connectivity index (χ0n) is 11.3. The van der Waals surface area contributed by atoms with Gasteiger partial charge in [-0.3, -0.25) is 0 Å². The van der Waals surface area contributed by atoms with E-state index in [1.807, 2.05) is 6.07 Å². The fourth-order valence-corrected chi connectivity index (χ4v) is 2.69. The van der Waals surface area contributed by atoms with Gasteiger partial charge in [0.15, 0.2) is 0 Å². The van der Waals surface area contributed by atoms with Gasteiger partial charge in [0.1, 0.15) is 11.2 Å². The number of aryl methyl sites for hydroxylation is 1. The van der Waals surface area contributed by atoms with E-state index >= 15 is 0 Å². The topological polar surface area (TPSA) is 13.1 Å². The Balaban J connectivity index is 1.98. The lowest BCUT2D eigenvalue weighted by molar-refractivity contribution is 0.668. The van der Waals surface area contributed by atoms with Crippen molar-refractivity contribution in [3.05, 3.63) is 72.3 Å². The molecule has 0 radical (unpaired) electrons. The summed E-state index contributed by atoms with van der Waals surface area (Å²) in [6, 6.07) is 23.2. The molecule has 4 aromatic rings. The number of fused-ring (bicyclic) bond motifs is 3. The van der Waals surface area contributed by atoms with Crippen molar-refractivity contribution in [1.29, 1.82) is 0 Å². The lowest BCUT2D eigenvalue weighted by Gasteiger charge is -2.00. The minimum Gasteiger partial charge on any atom is -0.456 e. The summed E-state index contributed by atoms with van der Waals surface area (Å²) >= 11 is 0. The molecule has 1 nitrogen and oxygen atoms in total. The number of rotatable bonds is 1. The Bertz CT molecular complexity index is 901. The van der Waals surface area contributed by atoms with E-state index in [9.17, 15) is 0 Å². The molecule has 0 aliphatic carbocycles. The molecule has 1 heteroatoms. The second kappa shape index (κ2) is 4.24. The Morgan fingerprint density at radius 3 is 2.15 bits per heavy atom. The quantitative estimate of drug-likeness (QED) is 0.435. The van der Waals surface area contributed by atoms with E-state index in [0.717, 1.165) is 11.2 Å². The van der Waals surface area contributed by atoms with Gasteiger partial charge >= 0.3 is 0 Å². The zero-order chi connectivity index (χ0) is 13.5. The van der Waals surface area contributed by atoms with Crippen LogP contribution in [0.4, 0.5) is 0 Å². The van der Waals surface area contributed by atoms with Gasteiger partial charge in [-0.05, 0) is 41.8 Å². The summed E-state index contributed by atoms with van der Waals surface area (Å²) in [7, 11) is 0. The minimum absolute atomic E-state index is 0.951. The minimum atomic E-state index is 0.951. The lowest BCUT2D eigenvalue weighted by Crippen LogP contribution is -1.76. The molecule has 0 fully saturated rings. The molecule has 20 heavy (non-hydrogen) atoms. The van der Waals surface area contributed by atoms with Crippen LogP contribution in [-0.4, -0.2) is 0 Å². The predicted octanol–water partition coefficient (Wildman–Crippen LogP) is 5.56. The van der Waals surface area contributed by atoms with Crippen LogP contribution in [-0.2, 0) is 0 Å². The zero-order valence-corrected chi connectivity index (χ0v) is 11.3. The molecular weight excluding hydrogens is 244 g/mol. The van der Waals surface area contributed by atoms with Crippen LogP contribution >= 0.6 is 0 Å². The highest BCUT2D eigenvalue weighted by Crippen LogP contribution is 2.32. The molecule has 4 rings (SSSR count). The highest BCUT2D eigenvalue weighted by Gasteiger charge is 2.08. The third-order valence-electron chi connectivity index (χ3n) is 3.74. The molecule has 0 bridgehead atoms. The Hall–Kier alpha value is -2.54. The van der Waals surface area contributed by atoms with Crippen LogP contribution < -0.4 is 0 Å². The molecular formula is C19H14O. The Morgan fingerprint density at radius 2 is 1.35 bits per heavy atom. The van der Waals surface area contributed by atoms with Crippen LogP contribution in [0.25, 0.3) is 33.1 Å². The van der Waals surface area contributed by atoms with Gasteiger partial charge in [-0.1, -0.05) is 48.5 Å². The number of hydrogen-bond donors (Lipinski definition) is 0. The molecule has 1 aromatic heterocycles. The van der Waals surface area contributed by atoms with Crippen molar-refractivity contribution < 1.29 is 4.42 Å². The van der Waals surface area contributed by atoms with Gasteiger partial charge in [0.25, 0.3) is 0 Å². The molecule has 0 saturated carbocycles. The van der Waals surface area contributed by atoms with E-state index in [1.54, 1.807) is 0 Å². The molecule has 1 heterocycles. The number of hydrogen-bond acceptors (Lipinski definition) is 1. The van der Waals surface area contributed by atoms with Crippen molar-refractivity contribution in [2.45, 2.75) is 6.92 Å². The number of benzene rings is 3.